The van der Waals surface area contributed by atoms with Crippen LogP contribution in [-0.4, -0.2) is 54.2 Å². The lowest BCUT2D eigenvalue weighted by atomic mass is 9.86. The molecule has 0 spiro atoms. The summed E-state index contributed by atoms with van der Waals surface area (Å²) in [6, 6.07) is 0.519. The number of piperidine rings is 1. The summed E-state index contributed by atoms with van der Waals surface area (Å²) >= 11 is 0. The summed E-state index contributed by atoms with van der Waals surface area (Å²) < 4.78 is 5.31. The molecule has 2 rings (SSSR count). The van der Waals surface area contributed by atoms with Gasteiger partial charge >= 0.3 is 6.09 Å². The number of rotatable bonds is 5. The standard InChI is InChI=1S/C20H37N3O3/c1-15-9-5-6-11-17(15)22-18(24)14-23-12-8-7-10-16(23)13-21-19(25)26-20(2,3)4/h15-17H,5-14H2,1-4H3,(H,21,25)(H,22,24). The molecular formula is C20H37N3O3. The fourth-order valence-electron chi connectivity index (χ4n) is 3.98. The molecule has 2 N–H and O–H groups in total. The Labute approximate surface area is 158 Å². The van der Waals surface area contributed by atoms with Gasteiger partial charge in [0.25, 0.3) is 0 Å². The fourth-order valence-corrected chi connectivity index (χ4v) is 3.98. The number of nitrogens with zero attached hydrogens (tertiary/aromatic N) is 1. The number of carbonyl (C=O) groups is 2. The van der Waals surface area contributed by atoms with Crippen molar-refractivity contribution >= 4 is 12.0 Å². The van der Waals surface area contributed by atoms with Crippen molar-refractivity contribution in [1.82, 2.24) is 15.5 Å². The highest BCUT2D eigenvalue weighted by molar-refractivity contribution is 5.78. The molecule has 1 saturated heterocycles. The summed E-state index contributed by atoms with van der Waals surface area (Å²) in [5.41, 5.74) is -0.493. The van der Waals surface area contributed by atoms with Crippen LogP contribution >= 0.6 is 0 Å². The van der Waals surface area contributed by atoms with Gasteiger partial charge in [0.15, 0.2) is 0 Å². The highest BCUT2D eigenvalue weighted by Crippen LogP contribution is 2.24. The number of amides is 2. The van der Waals surface area contributed by atoms with E-state index >= 15 is 0 Å². The molecule has 150 valence electrons. The first-order chi connectivity index (χ1) is 12.2. The zero-order valence-corrected chi connectivity index (χ0v) is 17.0. The minimum Gasteiger partial charge on any atom is -0.444 e. The maximum Gasteiger partial charge on any atom is 0.407 e. The molecule has 2 aliphatic rings. The number of nitrogens with one attached hydrogen (secondary N) is 2. The second kappa shape index (κ2) is 9.58. The zero-order chi connectivity index (χ0) is 19.2. The Morgan fingerprint density at radius 1 is 1.08 bits per heavy atom. The van der Waals surface area contributed by atoms with Crippen molar-refractivity contribution in [3.05, 3.63) is 0 Å². The Hall–Kier alpha value is -1.30. The van der Waals surface area contributed by atoms with Crippen LogP contribution < -0.4 is 10.6 Å². The van der Waals surface area contributed by atoms with Gasteiger partial charge in [0.05, 0.1) is 6.54 Å². The third-order valence-corrected chi connectivity index (χ3v) is 5.43. The molecule has 3 unspecified atom stereocenters. The minimum absolute atomic E-state index is 0.118. The van der Waals surface area contributed by atoms with Crippen LogP contribution in [0.4, 0.5) is 4.79 Å². The molecule has 0 aromatic carbocycles. The van der Waals surface area contributed by atoms with E-state index in [1.165, 1.54) is 19.3 Å². The first-order valence-electron chi connectivity index (χ1n) is 10.2. The number of likely N-dealkylation sites (tertiary alicyclic amines) is 1. The Morgan fingerprint density at radius 2 is 1.77 bits per heavy atom. The minimum atomic E-state index is -0.493. The fraction of sp³-hybridized carbons (Fsp3) is 0.900. The number of alkyl carbamates (subject to hydrolysis) is 1. The van der Waals surface area contributed by atoms with Crippen molar-refractivity contribution in [3.63, 3.8) is 0 Å². The van der Waals surface area contributed by atoms with E-state index in [1.807, 2.05) is 20.8 Å². The normalized spacial score (nSPS) is 27.6. The molecule has 1 aliphatic carbocycles. The van der Waals surface area contributed by atoms with Crippen LogP contribution in [0.3, 0.4) is 0 Å². The molecule has 0 aromatic heterocycles. The Balaban J connectivity index is 1.79. The molecule has 2 amide bonds. The predicted molar refractivity (Wildman–Crippen MR) is 103 cm³/mol. The smallest absolute Gasteiger partial charge is 0.407 e. The monoisotopic (exact) mass is 367 g/mol. The molecule has 3 atom stereocenters. The molecule has 0 aromatic rings. The molecule has 0 radical (unpaired) electrons. The zero-order valence-electron chi connectivity index (χ0n) is 17.0. The van der Waals surface area contributed by atoms with E-state index in [2.05, 4.69) is 22.5 Å². The highest BCUT2D eigenvalue weighted by atomic mass is 16.6. The van der Waals surface area contributed by atoms with Crippen molar-refractivity contribution in [2.75, 3.05) is 19.6 Å². The molecule has 6 nitrogen and oxygen atoms in total. The van der Waals surface area contributed by atoms with E-state index in [9.17, 15) is 9.59 Å². The molecule has 0 bridgehead atoms. The third kappa shape index (κ3) is 7.14. The second-order valence-corrected chi connectivity index (χ2v) is 8.94. The van der Waals surface area contributed by atoms with Gasteiger partial charge in [0.2, 0.25) is 5.91 Å². The van der Waals surface area contributed by atoms with E-state index in [-0.39, 0.29) is 18.0 Å². The van der Waals surface area contributed by atoms with Gasteiger partial charge in [-0.25, -0.2) is 4.79 Å². The summed E-state index contributed by atoms with van der Waals surface area (Å²) in [5.74, 6) is 0.687. The van der Waals surface area contributed by atoms with Crippen LogP contribution in [0.1, 0.15) is 72.6 Å². The number of carbonyl (C=O) groups excluding carboxylic acids is 2. The van der Waals surface area contributed by atoms with Gasteiger partial charge in [0.1, 0.15) is 5.60 Å². The van der Waals surface area contributed by atoms with Crippen molar-refractivity contribution in [1.29, 1.82) is 0 Å². The molecule has 2 fully saturated rings. The number of hydrogen-bond donors (Lipinski definition) is 2. The lowest BCUT2D eigenvalue weighted by Gasteiger charge is -2.36. The Bertz CT molecular complexity index is 475. The van der Waals surface area contributed by atoms with Gasteiger partial charge < -0.3 is 15.4 Å². The highest BCUT2D eigenvalue weighted by Gasteiger charge is 2.28. The van der Waals surface area contributed by atoms with Crippen LogP contribution in [0.15, 0.2) is 0 Å². The lowest BCUT2D eigenvalue weighted by Crippen LogP contribution is -2.52. The number of hydrogen-bond acceptors (Lipinski definition) is 4. The van der Waals surface area contributed by atoms with E-state index in [0.29, 0.717) is 25.0 Å². The van der Waals surface area contributed by atoms with Crippen molar-refractivity contribution in [3.8, 4) is 0 Å². The average molecular weight is 368 g/mol. The molecule has 6 heteroatoms. The largest absolute Gasteiger partial charge is 0.444 e. The molecule has 1 heterocycles. The molecule has 1 saturated carbocycles. The second-order valence-electron chi connectivity index (χ2n) is 8.94. The summed E-state index contributed by atoms with van der Waals surface area (Å²) in [4.78, 5) is 26.6. The molecular weight excluding hydrogens is 330 g/mol. The van der Waals surface area contributed by atoms with E-state index < -0.39 is 5.60 Å². The van der Waals surface area contributed by atoms with Gasteiger partial charge in [-0.2, -0.15) is 0 Å². The van der Waals surface area contributed by atoms with Gasteiger partial charge in [-0.15, -0.1) is 0 Å². The van der Waals surface area contributed by atoms with Gasteiger partial charge in [-0.1, -0.05) is 26.2 Å². The first-order valence-corrected chi connectivity index (χ1v) is 10.2. The first kappa shape index (κ1) is 21.0. The van der Waals surface area contributed by atoms with E-state index in [4.69, 9.17) is 4.74 Å². The molecule has 1 aliphatic heterocycles. The quantitative estimate of drug-likeness (QED) is 0.783. The van der Waals surface area contributed by atoms with Crippen LogP contribution in [0.25, 0.3) is 0 Å². The van der Waals surface area contributed by atoms with Crippen LogP contribution in [0.2, 0.25) is 0 Å². The summed E-state index contributed by atoms with van der Waals surface area (Å²) in [7, 11) is 0. The number of ether oxygens (including phenoxy) is 1. The van der Waals surface area contributed by atoms with Crippen molar-refractivity contribution < 1.29 is 14.3 Å². The molecule has 26 heavy (non-hydrogen) atoms. The average Bonchev–Trinajstić information content (AvgIpc) is 2.54. The SMILES string of the molecule is CC1CCCCC1NC(=O)CN1CCCCC1CNC(=O)OC(C)(C)C. The van der Waals surface area contributed by atoms with Gasteiger partial charge in [-0.05, 0) is 58.9 Å². The van der Waals surface area contributed by atoms with Gasteiger partial charge in [0, 0.05) is 18.6 Å². The van der Waals surface area contributed by atoms with E-state index in [1.54, 1.807) is 0 Å². The Kier molecular flexibility index (Phi) is 7.74. The predicted octanol–water partition coefficient (Wildman–Crippen LogP) is 3.06. The summed E-state index contributed by atoms with van der Waals surface area (Å²) in [6.45, 7) is 9.67. The third-order valence-electron chi connectivity index (χ3n) is 5.43. The maximum atomic E-state index is 12.5. The van der Waals surface area contributed by atoms with E-state index in [0.717, 1.165) is 32.2 Å². The van der Waals surface area contributed by atoms with Crippen LogP contribution in [0.5, 0.6) is 0 Å². The van der Waals surface area contributed by atoms with Crippen LogP contribution in [0, 0.1) is 5.92 Å². The topological polar surface area (TPSA) is 70.7 Å². The van der Waals surface area contributed by atoms with Crippen molar-refractivity contribution in [2.24, 2.45) is 5.92 Å². The van der Waals surface area contributed by atoms with Crippen molar-refractivity contribution in [2.45, 2.75) is 90.3 Å². The lowest BCUT2D eigenvalue weighted by molar-refractivity contribution is -0.124. The Morgan fingerprint density at radius 3 is 2.46 bits per heavy atom. The summed E-state index contributed by atoms with van der Waals surface area (Å²) in [5, 5.41) is 6.11. The van der Waals surface area contributed by atoms with Gasteiger partial charge in [-0.3, -0.25) is 9.69 Å². The maximum absolute atomic E-state index is 12.5. The van der Waals surface area contributed by atoms with Crippen LogP contribution in [-0.2, 0) is 9.53 Å². The summed E-state index contributed by atoms with van der Waals surface area (Å²) in [6.07, 6.45) is 7.65.